The van der Waals surface area contributed by atoms with Crippen molar-refractivity contribution >= 4 is 11.8 Å². The molecule has 0 fully saturated rings. The summed E-state index contributed by atoms with van der Waals surface area (Å²) in [5, 5.41) is 11.1. The van der Waals surface area contributed by atoms with Crippen LogP contribution in [0.15, 0.2) is 0 Å². The number of hydrogen-bond donors (Lipinski definition) is 2. The Bertz CT molecular complexity index is 314. The van der Waals surface area contributed by atoms with Crippen LogP contribution in [0.5, 0.6) is 0 Å². The van der Waals surface area contributed by atoms with E-state index in [1.54, 1.807) is 6.92 Å². The van der Waals surface area contributed by atoms with Gasteiger partial charge in [-0.2, -0.15) is 5.26 Å². The highest BCUT2D eigenvalue weighted by Gasteiger charge is 2.20. The third-order valence-corrected chi connectivity index (χ3v) is 2.15. The van der Waals surface area contributed by atoms with Gasteiger partial charge >= 0.3 is 0 Å². The van der Waals surface area contributed by atoms with Crippen LogP contribution in [-0.2, 0) is 19.1 Å². The largest absolute Gasteiger partial charge is 0.382 e. The highest BCUT2D eigenvalue weighted by Crippen LogP contribution is 2.04. The molecular weight excluding hydrogens is 238 g/mol. The van der Waals surface area contributed by atoms with Crippen LogP contribution in [-0.4, -0.2) is 44.8 Å². The summed E-state index contributed by atoms with van der Waals surface area (Å²) < 4.78 is 9.74. The second kappa shape index (κ2) is 9.39. The van der Waals surface area contributed by atoms with E-state index in [1.807, 2.05) is 6.07 Å². The summed E-state index contributed by atoms with van der Waals surface area (Å²) in [6.45, 7) is 2.16. The fourth-order valence-electron chi connectivity index (χ4n) is 1.20. The molecule has 18 heavy (non-hydrogen) atoms. The normalized spacial score (nSPS) is 13.4. The topological polar surface area (TPSA) is 114 Å². The first-order valence-electron chi connectivity index (χ1n) is 5.56. The number of carbonyl (C=O) groups is 2. The number of methoxy groups -OCH3 is 1. The van der Waals surface area contributed by atoms with E-state index in [2.05, 4.69) is 5.32 Å². The van der Waals surface area contributed by atoms with Crippen LogP contribution < -0.4 is 11.1 Å². The van der Waals surface area contributed by atoms with Gasteiger partial charge in [-0.05, 0) is 13.3 Å². The summed E-state index contributed by atoms with van der Waals surface area (Å²) in [7, 11) is 1.52. The van der Waals surface area contributed by atoms with Crippen molar-refractivity contribution in [3.05, 3.63) is 0 Å². The molecule has 0 aliphatic rings. The highest BCUT2D eigenvalue weighted by atomic mass is 16.5. The quantitative estimate of drug-likeness (QED) is 0.523. The molecule has 0 bridgehead atoms. The highest BCUT2D eigenvalue weighted by molar-refractivity contribution is 5.87. The predicted molar refractivity (Wildman–Crippen MR) is 63.2 cm³/mol. The van der Waals surface area contributed by atoms with Crippen molar-refractivity contribution < 1.29 is 19.1 Å². The molecule has 0 spiro atoms. The molecule has 7 heteroatoms. The van der Waals surface area contributed by atoms with Gasteiger partial charge in [-0.15, -0.1) is 0 Å². The molecule has 0 rings (SSSR count). The number of nitrogens with one attached hydrogen (secondary N) is 1. The lowest BCUT2D eigenvalue weighted by molar-refractivity contribution is -0.130. The minimum absolute atomic E-state index is 0.173. The van der Waals surface area contributed by atoms with Crippen LogP contribution in [0.2, 0.25) is 0 Å². The molecule has 0 aliphatic carbocycles. The van der Waals surface area contributed by atoms with Gasteiger partial charge in [0.2, 0.25) is 11.8 Å². The van der Waals surface area contributed by atoms with E-state index < -0.39 is 17.9 Å². The molecule has 0 unspecified atom stereocenters. The number of rotatable bonds is 9. The van der Waals surface area contributed by atoms with Gasteiger partial charge in [0.1, 0.15) is 12.6 Å². The lowest BCUT2D eigenvalue weighted by atomic mass is 10.0. The zero-order valence-electron chi connectivity index (χ0n) is 10.6. The van der Waals surface area contributed by atoms with Crippen LogP contribution >= 0.6 is 0 Å². The van der Waals surface area contributed by atoms with Gasteiger partial charge in [-0.3, -0.25) is 9.59 Å². The number of carbonyl (C=O) groups excluding carboxylic acids is 2. The Balaban J connectivity index is 4.05. The van der Waals surface area contributed by atoms with Gasteiger partial charge in [0.25, 0.3) is 0 Å². The molecule has 0 aromatic rings. The maximum absolute atomic E-state index is 11.4. The number of primary amides is 1. The Morgan fingerprint density at radius 2 is 2.11 bits per heavy atom. The molecular formula is C11H19N3O4. The lowest BCUT2D eigenvalue weighted by Crippen LogP contribution is -2.46. The minimum atomic E-state index is -0.849. The van der Waals surface area contributed by atoms with Gasteiger partial charge in [0.05, 0.1) is 19.3 Å². The Morgan fingerprint density at radius 3 is 2.61 bits per heavy atom. The van der Waals surface area contributed by atoms with Gasteiger partial charge in [-0.25, -0.2) is 0 Å². The second-order valence-corrected chi connectivity index (χ2v) is 3.83. The molecule has 0 radical (unpaired) electrons. The van der Waals surface area contributed by atoms with Crippen molar-refractivity contribution in [2.24, 2.45) is 11.7 Å². The molecule has 0 saturated heterocycles. The smallest absolute Gasteiger partial charge is 0.246 e. The molecule has 102 valence electrons. The number of ether oxygens (including phenoxy) is 2. The fraction of sp³-hybridized carbons (Fsp3) is 0.727. The summed E-state index contributed by atoms with van der Waals surface area (Å²) in [5.74, 6) is -1.47. The van der Waals surface area contributed by atoms with Crippen LogP contribution in [0, 0.1) is 17.2 Å². The third kappa shape index (κ3) is 7.60. The number of nitriles is 1. The van der Waals surface area contributed by atoms with Gasteiger partial charge < -0.3 is 20.5 Å². The second-order valence-electron chi connectivity index (χ2n) is 3.83. The SMILES string of the molecule is COCCOCC(=O)N[C@H](C[C@@H](C)C#N)C(N)=O. The summed E-state index contributed by atoms with van der Waals surface area (Å²) >= 11 is 0. The van der Waals surface area contributed by atoms with Crippen molar-refractivity contribution in [2.75, 3.05) is 26.9 Å². The molecule has 0 saturated carbocycles. The molecule has 3 N–H and O–H groups in total. The zero-order chi connectivity index (χ0) is 14.0. The first-order valence-corrected chi connectivity index (χ1v) is 5.56. The minimum Gasteiger partial charge on any atom is -0.382 e. The monoisotopic (exact) mass is 257 g/mol. The Hall–Kier alpha value is -1.65. The van der Waals surface area contributed by atoms with Crippen LogP contribution in [0.1, 0.15) is 13.3 Å². The maximum Gasteiger partial charge on any atom is 0.246 e. The van der Waals surface area contributed by atoms with Crippen LogP contribution in [0.25, 0.3) is 0 Å². The van der Waals surface area contributed by atoms with Crippen LogP contribution in [0.3, 0.4) is 0 Å². The van der Waals surface area contributed by atoms with Gasteiger partial charge in [-0.1, -0.05) is 0 Å². The van der Waals surface area contributed by atoms with E-state index >= 15 is 0 Å². The molecule has 0 aliphatic heterocycles. The van der Waals surface area contributed by atoms with E-state index in [9.17, 15) is 9.59 Å². The first kappa shape index (κ1) is 16.4. The summed E-state index contributed by atoms with van der Waals surface area (Å²) in [5.41, 5.74) is 5.14. The van der Waals surface area contributed by atoms with E-state index in [4.69, 9.17) is 20.5 Å². The lowest BCUT2D eigenvalue weighted by Gasteiger charge is -2.16. The van der Waals surface area contributed by atoms with Crippen molar-refractivity contribution in [3.8, 4) is 6.07 Å². The third-order valence-electron chi connectivity index (χ3n) is 2.15. The summed E-state index contributed by atoms with van der Waals surface area (Å²) in [4.78, 5) is 22.5. The molecule has 2 amide bonds. The van der Waals surface area contributed by atoms with Crippen molar-refractivity contribution in [1.82, 2.24) is 5.32 Å². The Morgan fingerprint density at radius 1 is 1.44 bits per heavy atom. The van der Waals surface area contributed by atoms with Crippen molar-refractivity contribution in [2.45, 2.75) is 19.4 Å². The number of nitrogens with two attached hydrogens (primary N) is 1. The Labute approximate surface area is 106 Å². The van der Waals surface area contributed by atoms with E-state index in [1.165, 1.54) is 7.11 Å². The fourth-order valence-corrected chi connectivity index (χ4v) is 1.20. The van der Waals surface area contributed by atoms with Gasteiger partial charge in [0, 0.05) is 13.0 Å². The number of amides is 2. The maximum atomic E-state index is 11.4. The summed E-state index contributed by atoms with van der Waals surface area (Å²) in [6, 6.07) is 1.13. The molecule has 0 heterocycles. The predicted octanol–water partition coefficient (Wildman–Crippen LogP) is -0.831. The molecule has 0 aromatic heterocycles. The van der Waals surface area contributed by atoms with Crippen molar-refractivity contribution in [1.29, 1.82) is 5.26 Å². The van der Waals surface area contributed by atoms with Crippen molar-refractivity contribution in [3.63, 3.8) is 0 Å². The van der Waals surface area contributed by atoms with E-state index in [0.717, 1.165) is 0 Å². The van der Waals surface area contributed by atoms with Gasteiger partial charge in [0.15, 0.2) is 0 Å². The average Bonchev–Trinajstić information content (AvgIpc) is 2.33. The standard InChI is InChI=1S/C11H19N3O4/c1-8(6-12)5-9(11(13)16)14-10(15)7-18-4-3-17-2/h8-9H,3-5,7H2,1-2H3,(H2,13,16)(H,14,15)/t8-,9-/m1/s1. The Kier molecular flexibility index (Phi) is 8.53. The average molecular weight is 257 g/mol. The zero-order valence-corrected chi connectivity index (χ0v) is 10.6. The van der Waals surface area contributed by atoms with E-state index in [-0.39, 0.29) is 18.9 Å². The molecule has 7 nitrogen and oxygen atoms in total. The first-order chi connectivity index (χ1) is 8.51. The number of nitrogens with zero attached hydrogens (tertiary/aromatic N) is 1. The van der Waals surface area contributed by atoms with Crippen LogP contribution in [0.4, 0.5) is 0 Å². The van der Waals surface area contributed by atoms with E-state index in [0.29, 0.717) is 13.2 Å². The number of hydrogen-bond acceptors (Lipinski definition) is 5. The molecule has 0 aromatic carbocycles. The molecule has 2 atom stereocenters. The summed E-state index contributed by atoms with van der Waals surface area (Å²) in [6.07, 6.45) is 0.190.